The van der Waals surface area contributed by atoms with Crippen molar-refractivity contribution in [2.75, 3.05) is 37.3 Å². The zero-order valence-electron chi connectivity index (χ0n) is 11.6. The zero-order chi connectivity index (χ0) is 14.8. The molecule has 0 spiro atoms. The summed E-state index contributed by atoms with van der Waals surface area (Å²) in [6, 6.07) is 1.75. The van der Waals surface area contributed by atoms with Crippen molar-refractivity contribution in [3.05, 3.63) is 18.5 Å². The maximum Gasteiger partial charge on any atom is 0.240 e. The minimum atomic E-state index is -3.35. The van der Waals surface area contributed by atoms with Crippen LogP contribution in [-0.2, 0) is 14.6 Å². The monoisotopic (exact) mass is 298 g/mol. The number of hydrogen-bond donors (Lipinski definition) is 0. The summed E-state index contributed by atoms with van der Waals surface area (Å²) in [5, 5.41) is -0.984. The van der Waals surface area contributed by atoms with E-state index in [-0.39, 0.29) is 5.91 Å². The van der Waals surface area contributed by atoms with Crippen LogP contribution in [0, 0.1) is 0 Å². The lowest BCUT2D eigenvalue weighted by molar-refractivity contribution is -0.130. The fourth-order valence-electron chi connectivity index (χ4n) is 2.02. The third-order valence-electron chi connectivity index (χ3n) is 3.42. The van der Waals surface area contributed by atoms with Gasteiger partial charge < -0.3 is 9.80 Å². The molecule has 1 unspecified atom stereocenters. The molecule has 2 heterocycles. The van der Waals surface area contributed by atoms with E-state index in [0.717, 1.165) is 6.26 Å². The molecule has 1 amide bonds. The number of nitrogens with zero attached hydrogens (tertiary/aromatic N) is 4. The van der Waals surface area contributed by atoms with Gasteiger partial charge in [0.25, 0.3) is 0 Å². The maximum absolute atomic E-state index is 12.1. The molecule has 1 aromatic rings. The second-order valence-electron chi connectivity index (χ2n) is 4.83. The highest BCUT2D eigenvalue weighted by molar-refractivity contribution is 7.92. The van der Waals surface area contributed by atoms with Crippen molar-refractivity contribution in [2.24, 2.45) is 0 Å². The van der Waals surface area contributed by atoms with Gasteiger partial charge in [-0.05, 0) is 13.0 Å². The Kier molecular flexibility index (Phi) is 4.22. The molecule has 1 aromatic heterocycles. The van der Waals surface area contributed by atoms with Crippen LogP contribution in [0.2, 0.25) is 0 Å². The van der Waals surface area contributed by atoms with Crippen LogP contribution < -0.4 is 4.90 Å². The van der Waals surface area contributed by atoms with Gasteiger partial charge in [-0.25, -0.2) is 18.4 Å². The van der Waals surface area contributed by atoms with E-state index >= 15 is 0 Å². The van der Waals surface area contributed by atoms with Gasteiger partial charge >= 0.3 is 0 Å². The summed E-state index contributed by atoms with van der Waals surface area (Å²) < 4.78 is 22.8. The molecule has 1 aliphatic heterocycles. The van der Waals surface area contributed by atoms with E-state index < -0.39 is 15.1 Å². The van der Waals surface area contributed by atoms with Crippen molar-refractivity contribution in [1.29, 1.82) is 0 Å². The highest BCUT2D eigenvalue weighted by atomic mass is 32.2. The summed E-state index contributed by atoms with van der Waals surface area (Å²) in [7, 11) is -3.35. The molecule has 8 heteroatoms. The summed E-state index contributed by atoms with van der Waals surface area (Å²) in [6.07, 6.45) is 4.43. The van der Waals surface area contributed by atoms with Crippen molar-refractivity contribution >= 4 is 21.7 Å². The van der Waals surface area contributed by atoms with E-state index in [9.17, 15) is 13.2 Å². The molecule has 20 heavy (non-hydrogen) atoms. The van der Waals surface area contributed by atoms with Gasteiger partial charge in [0.1, 0.15) is 5.25 Å². The predicted octanol–water partition coefficient (Wildman–Crippen LogP) is -0.442. The molecule has 1 fully saturated rings. The highest BCUT2D eigenvalue weighted by Gasteiger charge is 2.30. The highest BCUT2D eigenvalue weighted by Crippen LogP contribution is 2.12. The number of aromatic nitrogens is 2. The van der Waals surface area contributed by atoms with E-state index in [1.807, 2.05) is 4.90 Å². The summed E-state index contributed by atoms with van der Waals surface area (Å²) in [5.74, 6) is 0.303. The van der Waals surface area contributed by atoms with Crippen molar-refractivity contribution in [1.82, 2.24) is 14.9 Å². The first-order valence-corrected chi connectivity index (χ1v) is 8.34. The van der Waals surface area contributed by atoms with Crippen molar-refractivity contribution in [2.45, 2.75) is 12.2 Å². The molecule has 1 aliphatic rings. The van der Waals surface area contributed by atoms with Gasteiger partial charge in [-0.1, -0.05) is 0 Å². The topological polar surface area (TPSA) is 83.5 Å². The van der Waals surface area contributed by atoms with Crippen LogP contribution >= 0.6 is 0 Å². The van der Waals surface area contributed by atoms with Crippen LogP contribution in [0.3, 0.4) is 0 Å². The number of carbonyl (C=O) groups is 1. The summed E-state index contributed by atoms with van der Waals surface area (Å²) in [4.78, 5) is 24.0. The standard InChI is InChI=1S/C12H18N4O3S/c1-10(20(2,18)19)11(17)15-6-8-16(9-7-15)12-13-4-3-5-14-12/h3-5,10H,6-9H2,1-2H3. The van der Waals surface area contributed by atoms with Crippen LogP contribution in [0.25, 0.3) is 0 Å². The van der Waals surface area contributed by atoms with Crippen LogP contribution in [0.15, 0.2) is 18.5 Å². The predicted molar refractivity (Wildman–Crippen MR) is 75.1 cm³/mol. The lowest BCUT2D eigenvalue weighted by atomic mass is 10.3. The van der Waals surface area contributed by atoms with E-state index in [1.54, 1.807) is 23.4 Å². The van der Waals surface area contributed by atoms with Gasteiger partial charge in [0, 0.05) is 44.8 Å². The smallest absolute Gasteiger partial charge is 0.240 e. The molecule has 0 saturated carbocycles. The molecular formula is C12H18N4O3S. The van der Waals surface area contributed by atoms with Gasteiger partial charge in [-0.3, -0.25) is 4.79 Å². The van der Waals surface area contributed by atoms with Crippen LogP contribution in [0.5, 0.6) is 0 Å². The first-order valence-electron chi connectivity index (χ1n) is 6.39. The Hall–Kier alpha value is -1.70. The number of carbonyl (C=O) groups excluding carboxylic acids is 1. The van der Waals surface area contributed by atoms with Gasteiger partial charge in [0.05, 0.1) is 0 Å². The Labute approximate surface area is 118 Å². The van der Waals surface area contributed by atoms with Gasteiger partial charge in [-0.2, -0.15) is 0 Å². The molecule has 0 bridgehead atoms. The minimum absolute atomic E-state index is 0.332. The van der Waals surface area contributed by atoms with Gasteiger partial charge in [0.15, 0.2) is 9.84 Å². The summed E-state index contributed by atoms with van der Waals surface area (Å²) in [6.45, 7) is 3.61. The molecule has 1 saturated heterocycles. The second kappa shape index (κ2) is 5.74. The van der Waals surface area contributed by atoms with Crippen LogP contribution in [0.4, 0.5) is 5.95 Å². The molecule has 1 atom stereocenters. The fourth-order valence-corrected chi connectivity index (χ4v) is 2.54. The van der Waals surface area contributed by atoms with E-state index in [1.165, 1.54) is 6.92 Å². The summed E-state index contributed by atoms with van der Waals surface area (Å²) in [5.41, 5.74) is 0. The van der Waals surface area contributed by atoms with Crippen LogP contribution in [-0.4, -0.2) is 66.9 Å². The van der Waals surface area contributed by atoms with Crippen molar-refractivity contribution in [3.63, 3.8) is 0 Å². The lowest BCUT2D eigenvalue weighted by Crippen LogP contribution is -2.52. The third-order valence-corrected chi connectivity index (χ3v) is 4.90. The second-order valence-corrected chi connectivity index (χ2v) is 7.20. The fraction of sp³-hybridized carbons (Fsp3) is 0.583. The number of piperazine rings is 1. The lowest BCUT2D eigenvalue weighted by Gasteiger charge is -2.35. The van der Waals surface area contributed by atoms with Crippen molar-refractivity contribution in [3.8, 4) is 0 Å². The maximum atomic E-state index is 12.1. The Bertz CT molecular complexity index is 568. The molecule has 0 radical (unpaired) electrons. The first-order chi connectivity index (χ1) is 9.39. The number of sulfone groups is 1. The number of hydrogen-bond acceptors (Lipinski definition) is 6. The Morgan fingerprint density at radius 2 is 1.75 bits per heavy atom. The normalized spacial score (nSPS) is 17.9. The minimum Gasteiger partial charge on any atom is -0.338 e. The molecule has 7 nitrogen and oxygen atoms in total. The van der Waals surface area contributed by atoms with Crippen LogP contribution in [0.1, 0.15) is 6.92 Å². The first kappa shape index (κ1) is 14.7. The molecular weight excluding hydrogens is 280 g/mol. The molecule has 0 aromatic carbocycles. The van der Waals surface area contributed by atoms with Gasteiger partial charge in [0.2, 0.25) is 11.9 Å². The zero-order valence-corrected chi connectivity index (χ0v) is 12.4. The van der Waals surface area contributed by atoms with Gasteiger partial charge in [-0.15, -0.1) is 0 Å². The van der Waals surface area contributed by atoms with E-state index in [4.69, 9.17) is 0 Å². The van der Waals surface area contributed by atoms with E-state index in [0.29, 0.717) is 32.1 Å². The summed E-state index contributed by atoms with van der Waals surface area (Å²) >= 11 is 0. The quantitative estimate of drug-likeness (QED) is 0.752. The Balaban J connectivity index is 1.96. The molecule has 0 N–H and O–H groups in total. The number of amides is 1. The molecule has 0 aliphatic carbocycles. The largest absolute Gasteiger partial charge is 0.338 e. The molecule has 110 valence electrons. The SMILES string of the molecule is CC(C(=O)N1CCN(c2ncccn2)CC1)S(C)(=O)=O. The molecule has 2 rings (SSSR count). The van der Waals surface area contributed by atoms with Crippen molar-refractivity contribution < 1.29 is 13.2 Å². The number of rotatable bonds is 3. The third kappa shape index (κ3) is 3.24. The number of anilines is 1. The Morgan fingerprint density at radius 3 is 2.25 bits per heavy atom. The Morgan fingerprint density at radius 1 is 1.20 bits per heavy atom. The van der Waals surface area contributed by atoms with E-state index in [2.05, 4.69) is 9.97 Å². The average Bonchev–Trinajstić information content (AvgIpc) is 2.46. The average molecular weight is 298 g/mol.